The van der Waals surface area contributed by atoms with Crippen molar-refractivity contribution in [3.8, 4) is 0 Å². The van der Waals surface area contributed by atoms with Gasteiger partial charge in [-0.1, -0.05) is 0 Å². The minimum Gasteiger partial charge on any atom is -0.391 e. The van der Waals surface area contributed by atoms with Crippen LogP contribution in [0.4, 0.5) is 0 Å². The molecule has 0 aromatic carbocycles. The summed E-state index contributed by atoms with van der Waals surface area (Å²) in [6, 6.07) is 0.287. The lowest BCUT2D eigenvalue weighted by Crippen LogP contribution is -2.64. The number of hydrogen-bond donors (Lipinski definition) is 1. The number of aromatic nitrogens is 2. The maximum Gasteiger partial charge on any atom is 0.111 e. The third kappa shape index (κ3) is 2.18. The van der Waals surface area contributed by atoms with E-state index in [-0.39, 0.29) is 12.1 Å². The zero-order valence-electron chi connectivity index (χ0n) is 11.0. The van der Waals surface area contributed by atoms with Crippen molar-refractivity contribution >= 4 is 0 Å². The Hall–Kier alpha value is -0.910. The summed E-state index contributed by atoms with van der Waals surface area (Å²) in [5, 5.41) is 10.5. The van der Waals surface area contributed by atoms with Crippen LogP contribution in [0.25, 0.3) is 0 Å². The molecule has 3 saturated heterocycles. The predicted molar refractivity (Wildman–Crippen MR) is 69.4 cm³/mol. The molecule has 4 heterocycles. The number of fused-ring (bicyclic) bond motifs is 3. The van der Waals surface area contributed by atoms with Crippen molar-refractivity contribution in [3.05, 3.63) is 18.2 Å². The van der Waals surface area contributed by atoms with Crippen LogP contribution in [0.5, 0.6) is 0 Å². The van der Waals surface area contributed by atoms with Gasteiger partial charge in [-0.3, -0.25) is 9.80 Å². The molecular formula is C13H22N4O. The Bertz CT molecular complexity index is 397. The molecule has 3 fully saturated rings. The molecule has 2 bridgehead atoms. The first kappa shape index (κ1) is 12.1. The van der Waals surface area contributed by atoms with Gasteiger partial charge in [-0.05, 0) is 6.92 Å². The number of piperazine rings is 3. The van der Waals surface area contributed by atoms with Crippen LogP contribution in [0.1, 0.15) is 12.7 Å². The molecule has 0 aliphatic carbocycles. The van der Waals surface area contributed by atoms with Gasteiger partial charge in [-0.25, -0.2) is 4.98 Å². The Morgan fingerprint density at radius 1 is 1.39 bits per heavy atom. The highest BCUT2D eigenvalue weighted by molar-refractivity contribution is 4.99. The Morgan fingerprint density at radius 3 is 2.78 bits per heavy atom. The van der Waals surface area contributed by atoms with Gasteiger partial charge < -0.3 is 9.67 Å². The third-order valence-electron chi connectivity index (χ3n) is 4.30. The lowest BCUT2D eigenvalue weighted by atomic mass is 10.00. The Balaban J connectivity index is 1.66. The minimum absolute atomic E-state index is 0.287. The summed E-state index contributed by atoms with van der Waals surface area (Å²) in [6.45, 7) is 8.55. The molecular weight excluding hydrogens is 228 g/mol. The van der Waals surface area contributed by atoms with E-state index in [9.17, 15) is 5.11 Å². The molecule has 3 aliphatic rings. The zero-order valence-corrected chi connectivity index (χ0v) is 11.0. The van der Waals surface area contributed by atoms with Crippen LogP contribution in [0.3, 0.4) is 0 Å². The number of hydrogen-bond acceptors (Lipinski definition) is 4. The van der Waals surface area contributed by atoms with Gasteiger partial charge in [0.05, 0.1) is 6.10 Å². The molecule has 3 aliphatic heterocycles. The molecule has 0 saturated carbocycles. The average molecular weight is 250 g/mol. The maximum absolute atomic E-state index is 10.5. The van der Waals surface area contributed by atoms with E-state index >= 15 is 0 Å². The van der Waals surface area contributed by atoms with Crippen molar-refractivity contribution in [2.75, 3.05) is 32.7 Å². The fourth-order valence-electron chi connectivity index (χ4n) is 3.16. The average Bonchev–Trinajstić information content (AvgIpc) is 2.87. The molecule has 5 nitrogen and oxygen atoms in total. The van der Waals surface area contributed by atoms with Crippen LogP contribution in [0.15, 0.2) is 12.4 Å². The number of aliphatic hydroxyl groups excluding tert-OH is 1. The largest absolute Gasteiger partial charge is 0.391 e. The van der Waals surface area contributed by atoms with E-state index in [0.29, 0.717) is 6.42 Å². The standard InChI is InChI=1S/C13H22N4O/c1-2-16-4-3-14-13(16)9-12(18)11-10-15-5-7-17(11)8-6-15/h3-4,11-12,18H,2,5-10H2,1H3. The molecule has 1 N–H and O–H groups in total. The van der Waals surface area contributed by atoms with Crippen molar-refractivity contribution in [1.29, 1.82) is 0 Å². The molecule has 0 spiro atoms. The van der Waals surface area contributed by atoms with E-state index in [1.807, 2.05) is 12.4 Å². The second-order valence-electron chi connectivity index (χ2n) is 5.30. The molecule has 2 unspecified atom stereocenters. The highest BCUT2D eigenvalue weighted by Crippen LogP contribution is 2.20. The summed E-state index contributed by atoms with van der Waals surface area (Å²) in [5.74, 6) is 1.00. The molecule has 1 aromatic rings. The SMILES string of the molecule is CCn1ccnc1CC(O)C1CN2CCN1CC2. The number of nitrogens with zero attached hydrogens (tertiary/aromatic N) is 4. The summed E-state index contributed by atoms with van der Waals surface area (Å²) < 4.78 is 2.11. The van der Waals surface area contributed by atoms with E-state index in [2.05, 4.69) is 26.3 Å². The van der Waals surface area contributed by atoms with Gasteiger partial charge in [-0.2, -0.15) is 0 Å². The normalized spacial score (nSPS) is 32.7. The quantitative estimate of drug-likeness (QED) is 0.804. The van der Waals surface area contributed by atoms with Crippen LogP contribution in [-0.4, -0.2) is 69.3 Å². The lowest BCUT2D eigenvalue weighted by Gasteiger charge is -2.49. The second-order valence-corrected chi connectivity index (χ2v) is 5.30. The van der Waals surface area contributed by atoms with Gasteiger partial charge in [0.25, 0.3) is 0 Å². The zero-order chi connectivity index (χ0) is 12.5. The number of aliphatic hydroxyl groups is 1. The van der Waals surface area contributed by atoms with E-state index in [1.54, 1.807) is 0 Å². The van der Waals surface area contributed by atoms with Gasteiger partial charge in [-0.15, -0.1) is 0 Å². The van der Waals surface area contributed by atoms with Gasteiger partial charge in [0.1, 0.15) is 5.82 Å². The monoisotopic (exact) mass is 250 g/mol. The smallest absolute Gasteiger partial charge is 0.111 e. The molecule has 0 radical (unpaired) electrons. The summed E-state index contributed by atoms with van der Waals surface area (Å²) in [5.41, 5.74) is 0. The van der Waals surface area contributed by atoms with Crippen molar-refractivity contribution in [1.82, 2.24) is 19.4 Å². The lowest BCUT2D eigenvalue weighted by molar-refractivity contribution is -0.0460. The van der Waals surface area contributed by atoms with Crippen LogP contribution < -0.4 is 0 Å². The first-order valence-electron chi connectivity index (χ1n) is 6.92. The Morgan fingerprint density at radius 2 is 2.17 bits per heavy atom. The minimum atomic E-state index is -0.305. The second kappa shape index (κ2) is 4.99. The molecule has 1 aromatic heterocycles. The van der Waals surface area contributed by atoms with Crippen LogP contribution >= 0.6 is 0 Å². The topological polar surface area (TPSA) is 44.5 Å². The van der Waals surface area contributed by atoms with E-state index < -0.39 is 0 Å². The molecule has 18 heavy (non-hydrogen) atoms. The molecule has 0 amide bonds. The number of aryl methyl sites for hydroxylation is 1. The summed E-state index contributed by atoms with van der Waals surface area (Å²) >= 11 is 0. The van der Waals surface area contributed by atoms with Crippen molar-refractivity contribution in [2.24, 2.45) is 0 Å². The van der Waals surface area contributed by atoms with Gasteiger partial charge in [0.15, 0.2) is 0 Å². The van der Waals surface area contributed by atoms with Gasteiger partial charge >= 0.3 is 0 Å². The fraction of sp³-hybridized carbons (Fsp3) is 0.769. The summed E-state index contributed by atoms with van der Waals surface area (Å²) in [7, 11) is 0. The number of rotatable bonds is 4. The van der Waals surface area contributed by atoms with Crippen LogP contribution in [0.2, 0.25) is 0 Å². The first-order valence-corrected chi connectivity index (χ1v) is 6.92. The molecule has 2 atom stereocenters. The van der Waals surface area contributed by atoms with Crippen molar-refractivity contribution in [2.45, 2.75) is 32.0 Å². The number of imidazole rings is 1. The summed E-state index contributed by atoms with van der Waals surface area (Å²) in [4.78, 5) is 9.25. The highest BCUT2D eigenvalue weighted by atomic mass is 16.3. The van der Waals surface area contributed by atoms with Crippen molar-refractivity contribution < 1.29 is 5.11 Å². The van der Waals surface area contributed by atoms with E-state index in [4.69, 9.17) is 0 Å². The maximum atomic E-state index is 10.5. The van der Waals surface area contributed by atoms with Crippen LogP contribution in [0, 0.1) is 0 Å². The summed E-state index contributed by atoms with van der Waals surface area (Å²) in [6.07, 6.45) is 4.16. The van der Waals surface area contributed by atoms with Crippen molar-refractivity contribution in [3.63, 3.8) is 0 Å². The highest BCUT2D eigenvalue weighted by Gasteiger charge is 2.36. The molecule has 100 valence electrons. The van der Waals surface area contributed by atoms with Crippen LogP contribution in [-0.2, 0) is 13.0 Å². The fourth-order valence-corrected chi connectivity index (χ4v) is 3.16. The third-order valence-corrected chi connectivity index (χ3v) is 4.30. The molecule has 4 rings (SSSR count). The van der Waals surface area contributed by atoms with E-state index in [0.717, 1.165) is 45.1 Å². The van der Waals surface area contributed by atoms with Gasteiger partial charge in [0, 0.05) is 64.1 Å². The molecule has 5 heteroatoms. The van der Waals surface area contributed by atoms with E-state index in [1.165, 1.54) is 0 Å². The Labute approximate surface area is 108 Å². The Kier molecular flexibility index (Phi) is 3.37. The predicted octanol–water partition coefficient (Wildman–Crippen LogP) is -0.194. The van der Waals surface area contributed by atoms with Gasteiger partial charge in [0.2, 0.25) is 0 Å². The first-order chi connectivity index (χ1) is 8.78.